The van der Waals surface area contributed by atoms with Gasteiger partial charge in [-0.2, -0.15) is 0 Å². The molecule has 0 saturated carbocycles. The van der Waals surface area contributed by atoms with E-state index in [1.54, 1.807) is 7.11 Å². The summed E-state index contributed by atoms with van der Waals surface area (Å²) in [5.74, 6) is 6.00. The van der Waals surface area contributed by atoms with E-state index in [9.17, 15) is 0 Å². The monoisotopic (exact) mass is 280 g/mol. The lowest BCUT2D eigenvalue weighted by molar-refractivity contribution is 0.0690. The van der Waals surface area contributed by atoms with E-state index >= 15 is 0 Å². The minimum absolute atomic E-state index is 0.566. The van der Waals surface area contributed by atoms with Crippen LogP contribution in [0.3, 0.4) is 0 Å². The third-order valence-corrected chi connectivity index (χ3v) is 2.57. The first-order valence-corrected chi connectivity index (χ1v) is 6.76. The number of methoxy groups -OCH3 is 1. The predicted molar refractivity (Wildman–Crippen MR) is 81.6 cm³/mol. The second-order valence-electron chi connectivity index (χ2n) is 4.18. The van der Waals surface area contributed by atoms with Crippen LogP contribution in [0.2, 0.25) is 0 Å². The van der Waals surface area contributed by atoms with E-state index in [1.165, 1.54) is 0 Å². The predicted octanol–water partition coefficient (Wildman–Crippen LogP) is 1.36. The van der Waals surface area contributed by atoms with Crippen LogP contribution in [0.15, 0.2) is 35.3 Å². The van der Waals surface area contributed by atoms with Crippen molar-refractivity contribution in [3.05, 3.63) is 30.3 Å². The topological polar surface area (TPSA) is 80.9 Å². The first kappa shape index (κ1) is 16.4. The van der Waals surface area contributed by atoms with Crippen molar-refractivity contribution in [1.82, 2.24) is 5.43 Å². The fraction of sp³-hybridized carbons (Fsp3) is 0.500. The molecule has 0 bridgehead atoms. The molecular weight excluding hydrogens is 256 g/mol. The summed E-state index contributed by atoms with van der Waals surface area (Å²) in [5.41, 5.74) is 3.51. The summed E-state index contributed by atoms with van der Waals surface area (Å²) in [6, 6.07) is 9.77. The number of guanidine groups is 1. The van der Waals surface area contributed by atoms with Gasteiger partial charge in [-0.25, -0.2) is 5.84 Å². The quantitative estimate of drug-likeness (QED) is 0.209. The van der Waals surface area contributed by atoms with Gasteiger partial charge in [0.05, 0.1) is 13.2 Å². The average molecular weight is 280 g/mol. The minimum Gasteiger partial charge on any atom is -0.382 e. The number of anilines is 1. The third-order valence-electron chi connectivity index (χ3n) is 2.57. The Balaban J connectivity index is 2.15. The van der Waals surface area contributed by atoms with Crippen molar-refractivity contribution in [1.29, 1.82) is 0 Å². The summed E-state index contributed by atoms with van der Waals surface area (Å²) >= 11 is 0. The lowest BCUT2D eigenvalue weighted by Gasteiger charge is -2.09. The van der Waals surface area contributed by atoms with Crippen LogP contribution in [0, 0.1) is 0 Å². The largest absolute Gasteiger partial charge is 0.382 e. The smallest absolute Gasteiger partial charge is 0.210 e. The number of ether oxygens (including phenoxy) is 2. The van der Waals surface area contributed by atoms with Crippen molar-refractivity contribution >= 4 is 11.6 Å². The molecule has 0 amide bonds. The number of nitrogens with two attached hydrogens (primary N) is 1. The van der Waals surface area contributed by atoms with E-state index in [0.29, 0.717) is 25.7 Å². The van der Waals surface area contributed by atoms with Gasteiger partial charge in [-0.3, -0.25) is 10.4 Å². The molecule has 0 aliphatic carbocycles. The highest BCUT2D eigenvalue weighted by Gasteiger charge is 1.96. The lowest BCUT2D eigenvalue weighted by atomic mass is 10.3. The van der Waals surface area contributed by atoms with Crippen molar-refractivity contribution in [2.45, 2.75) is 12.8 Å². The molecule has 1 aromatic carbocycles. The maximum atomic E-state index is 5.43. The normalized spacial score (nSPS) is 11.4. The van der Waals surface area contributed by atoms with Gasteiger partial charge in [0.25, 0.3) is 0 Å². The summed E-state index contributed by atoms with van der Waals surface area (Å²) in [6.45, 7) is 2.72. The highest BCUT2D eigenvalue weighted by atomic mass is 16.5. The molecule has 0 aliphatic heterocycles. The van der Waals surface area contributed by atoms with Crippen LogP contribution in [0.4, 0.5) is 5.69 Å². The highest BCUT2D eigenvalue weighted by molar-refractivity contribution is 5.93. The van der Waals surface area contributed by atoms with Crippen molar-refractivity contribution in [3.63, 3.8) is 0 Å². The fourth-order valence-electron chi connectivity index (χ4n) is 1.53. The minimum atomic E-state index is 0.566. The number of rotatable bonds is 9. The second-order valence-corrected chi connectivity index (χ2v) is 4.18. The van der Waals surface area contributed by atoms with E-state index in [0.717, 1.165) is 25.1 Å². The number of para-hydroxylation sites is 1. The third kappa shape index (κ3) is 7.73. The summed E-state index contributed by atoms with van der Waals surface area (Å²) in [6.07, 6.45) is 1.92. The molecule has 6 nitrogen and oxygen atoms in total. The number of nitrogens with zero attached hydrogens (tertiary/aromatic N) is 1. The number of hydrazine groups is 1. The number of benzene rings is 1. The zero-order chi connectivity index (χ0) is 14.5. The molecule has 20 heavy (non-hydrogen) atoms. The molecule has 0 atom stereocenters. The van der Waals surface area contributed by atoms with E-state index < -0.39 is 0 Å². The standard InChI is InChI=1S/C14H24N4O2/c1-19-11-12-20-10-6-5-9-16-14(18-15)17-13-7-3-2-4-8-13/h2-4,7-8H,5-6,9-12,15H2,1H3,(H2,16,17,18). The zero-order valence-electron chi connectivity index (χ0n) is 12.0. The van der Waals surface area contributed by atoms with Crippen LogP contribution < -0.4 is 16.6 Å². The Morgan fingerprint density at radius 3 is 2.65 bits per heavy atom. The molecule has 0 fully saturated rings. The molecule has 0 spiro atoms. The molecule has 0 aliphatic rings. The second kappa shape index (κ2) is 11.2. The van der Waals surface area contributed by atoms with E-state index in [-0.39, 0.29) is 0 Å². The Hall–Kier alpha value is -1.63. The van der Waals surface area contributed by atoms with Crippen molar-refractivity contribution in [2.24, 2.45) is 10.8 Å². The van der Waals surface area contributed by atoms with E-state index in [4.69, 9.17) is 15.3 Å². The van der Waals surface area contributed by atoms with Crippen molar-refractivity contribution < 1.29 is 9.47 Å². The van der Waals surface area contributed by atoms with Crippen LogP contribution in [0.5, 0.6) is 0 Å². The van der Waals surface area contributed by atoms with Gasteiger partial charge in [-0.15, -0.1) is 0 Å². The SMILES string of the molecule is COCCOCCCCN=C(NN)Nc1ccccc1. The van der Waals surface area contributed by atoms with Gasteiger partial charge in [0.2, 0.25) is 5.96 Å². The molecule has 0 saturated heterocycles. The number of nitrogens with one attached hydrogen (secondary N) is 2. The molecule has 0 unspecified atom stereocenters. The Labute approximate surface area is 120 Å². The first-order valence-electron chi connectivity index (χ1n) is 6.76. The van der Waals surface area contributed by atoms with Gasteiger partial charge in [-0.1, -0.05) is 18.2 Å². The molecular formula is C14H24N4O2. The molecule has 6 heteroatoms. The summed E-state index contributed by atoms with van der Waals surface area (Å²) in [5, 5.41) is 3.11. The molecule has 0 heterocycles. The Morgan fingerprint density at radius 1 is 1.15 bits per heavy atom. The molecule has 1 rings (SSSR count). The molecule has 112 valence electrons. The molecule has 4 N–H and O–H groups in total. The molecule has 1 aromatic rings. The van der Waals surface area contributed by atoms with Crippen LogP contribution >= 0.6 is 0 Å². The Bertz CT molecular complexity index is 371. The fourth-order valence-corrected chi connectivity index (χ4v) is 1.53. The van der Waals surface area contributed by atoms with Gasteiger partial charge in [0.15, 0.2) is 0 Å². The van der Waals surface area contributed by atoms with Crippen molar-refractivity contribution in [2.75, 3.05) is 38.8 Å². The zero-order valence-corrected chi connectivity index (χ0v) is 12.0. The average Bonchev–Trinajstić information content (AvgIpc) is 2.49. The Kier molecular flexibility index (Phi) is 9.21. The number of hydrogen-bond acceptors (Lipinski definition) is 4. The van der Waals surface area contributed by atoms with Crippen LogP contribution in [-0.2, 0) is 9.47 Å². The molecule has 0 aromatic heterocycles. The van der Waals surface area contributed by atoms with Gasteiger partial charge < -0.3 is 14.8 Å². The van der Waals surface area contributed by atoms with Gasteiger partial charge in [0.1, 0.15) is 0 Å². The number of unbranched alkanes of at least 4 members (excludes halogenated alkanes) is 1. The van der Waals surface area contributed by atoms with E-state index in [2.05, 4.69) is 15.7 Å². The van der Waals surface area contributed by atoms with Crippen LogP contribution in [-0.4, -0.2) is 39.4 Å². The molecule has 0 radical (unpaired) electrons. The maximum absolute atomic E-state index is 5.43. The summed E-state index contributed by atoms with van der Waals surface area (Å²) in [4.78, 5) is 4.36. The van der Waals surface area contributed by atoms with Gasteiger partial charge >= 0.3 is 0 Å². The van der Waals surface area contributed by atoms with Crippen LogP contribution in [0.25, 0.3) is 0 Å². The van der Waals surface area contributed by atoms with Gasteiger partial charge in [-0.05, 0) is 25.0 Å². The van der Waals surface area contributed by atoms with Crippen molar-refractivity contribution in [3.8, 4) is 0 Å². The van der Waals surface area contributed by atoms with E-state index in [1.807, 2.05) is 30.3 Å². The first-order chi connectivity index (χ1) is 9.86. The Morgan fingerprint density at radius 2 is 1.95 bits per heavy atom. The van der Waals surface area contributed by atoms with Crippen LogP contribution in [0.1, 0.15) is 12.8 Å². The number of hydrogen-bond donors (Lipinski definition) is 3. The number of aliphatic imine (C=N–C) groups is 1. The lowest BCUT2D eigenvalue weighted by Crippen LogP contribution is -2.36. The summed E-state index contributed by atoms with van der Waals surface area (Å²) in [7, 11) is 1.67. The highest BCUT2D eigenvalue weighted by Crippen LogP contribution is 2.04. The van der Waals surface area contributed by atoms with Gasteiger partial charge in [0, 0.05) is 25.9 Å². The maximum Gasteiger partial charge on any atom is 0.210 e. The summed E-state index contributed by atoms with van der Waals surface area (Å²) < 4.78 is 10.3.